The van der Waals surface area contributed by atoms with Crippen LogP contribution >= 0.6 is 0 Å². The summed E-state index contributed by atoms with van der Waals surface area (Å²) in [6.07, 6.45) is 0. The Bertz CT molecular complexity index is 2440. The van der Waals surface area contributed by atoms with Gasteiger partial charge in [-0.2, -0.15) is 0 Å². The van der Waals surface area contributed by atoms with E-state index in [2.05, 4.69) is 158 Å². The summed E-state index contributed by atoms with van der Waals surface area (Å²) in [7, 11) is 0. The second-order valence-electron chi connectivity index (χ2n) is 11.7. The highest BCUT2D eigenvalue weighted by Gasteiger charge is 2.17. The SMILES string of the molecule is c1cc(-c2cc3ccccc3o2)cc(-c2c3ccccc3c(-c3ccc(-c4ccc5ccccc5c4)cc3)c3ccccc23)c1. The first-order chi connectivity index (χ1) is 22.3. The van der Waals surface area contributed by atoms with Crippen LogP contribution < -0.4 is 0 Å². The fourth-order valence-electron chi connectivity index (χ4n) is 6.90. The van der Waals surface area contributed by atoms with Crippen LogP contribution in [0.15, 0.2) is 174 Å². The number of para-hydroxylation sites is 1. The Labute approximate surface area is 261 Å². The lowest BCUT2D eigenvalue weighted by Gasteiger charge is -2.18. The molecule has 0 radical (unpaired) electrons. The van der Waals surface area contributed by atoms with Crippen molar-refractivity contribution in [1.82, 2.24) is 0 Å². The summed E-state index contributed by atoms with van der Waals surface area (Å²) in [4.78, 5) is 0. The molecule has 0 aliphatic heterocycles. The van der Waals surface area contributed by atoms with Gasteiger partial charge in [0, 0.05) is 10.9 Å². The van der Waals surface area contributed by atoms with Gasteiger partial charge in [0.05, 0.1) is 0 Å². The molecule has 0 unspecified atom stereocenters. The van der Waals surface area contributed by atoms with Crippen LogP contribution in [0.3, 0.4) is 0 Å². The smallest absolute Gasteiger partial charge is 0.135 e. The van der Waals surface area contributed by atoms with Gasteiger partial charge >= 0.3 is 0 Å². The van der Waals surface area contributed by atoms with Gasteiger partial charge in [0.1, 0.15) is 11.3 Å². The topological polar surface area (TPSA) is 13.1 Å². The van der Waals surface area contributed by atoms with Crippen molar-refractivity contribution in [2.24, 2.45) is 0 Å². The number of fused-ring (bicyclic) bond motifs is 4. The zero-order valence-electron chi connectivity index (χ0n) is 24.6. The average molecular weight is 573 g/mol. The maximum atomic E-state index is 6.26. The van der Waals surface area contributed by atoms with E-state index in [0.29, 0.717) is 0 Å². The Morgan fingerprint density at radius 3 is 1.51 bits per heavy atom. The molecule has 0 atom stereocenters. The fraction of sp³-hybridized carbons (Fsp3) is 0. The predicted octanol–water partition coefficient (Wildman–Crippen LogP) is 12.6. The molecular weight excluding hydrogens is 544 g/mol. The second kappa shape index (κ2) is 10.4. The zero-order chi connectivity index (χ0) is 29.7. The van der Waals surface area contributed by atoms with Crippen LogP contribution in [-0.2, 0) is 0 Å². The average Bonchev–Trinajstić information content (AvgIpc) is 3.55. The quantitative estimate of drug-likeness (QED) is 0.191. The van der Waals surface area contributed by atoms with Crippen LogP contribution in [0, 0.1) is 0 Å². The minimum Gasteiger partial charge on any atom is -0.456 e. The van der Waals surface area contributed by atoms with Crippen LogP contribution in [0.5, 0.6) is 0 Å². The van der Waals surface area contributed by atoms with Crippen molar-refractivity contribution in [1.29, 1.82) is 0 Å². The molecule has 1 heterocycles. The Kier molecular flexibility index (Phi) is 5.89. The third kappa shape index (κ3) is 4.32. The fourth-order valence-corrected chi connectivity index (χ4v) is 6.90. The maximum Gasteiger partial charge on any atom is 0.135 e. The van der Waals surface area contributed by atoms with Gasteiger partial charge in [-0.1, -0.05) is 146 Å². The molecule has 0 fully saturated rings. The monoisotopic (exact) mass is 572 g/mol. The number of furan rings is 1. The summed E-state index contributed by atoms with van der Waals surface area (Å²) in [5.74, 6) is 0.884. The predicted molar refractivity (Wildman–Crippen MR) is 190 cm³/mol. The first kappa shape index (κ1) is 25.6. The highest BCUT2D eigenvalue weighted by atomic mass is 16.3. The van der Waals surface area contributed by atoms with Crippen molar-refractivity contribution in [3.63, 3.8) is 0 Å². The van der Waals surface area contributed by atoms with Crippen LogP contribution in [0.1, 0.15) is 0 Å². The lowest BCUT2D eigenvalue weighted by atomic mass is 9.85. The number of hydrogen-bond donors (Lipinski definition) is 0. The molecular formula is C44H28O. The summed E-state index contributed by atoms with van der Waals surface area (Å²) in [5, 5.41) is 8.62. The van der Waals surface area contributed by atoms with Gasteiger partial charge in [-0.15, -0.1) is 0 Å². The highest BCUT2D eigenvalue weighted by molar-refractivity contribution is 6.21. The van der Waals surface area contributed by atoms with E-state index in [1.807, 2.05) is 12.1 Å². The van der Waals surface area contributed by atoms with Crippen LogP contribution in [-0.4, -0.2) is 0 Å². The van der Waals surface area contributed by atoms with Crippen molar-refractivity contribution in [3.8, 4) is 44.7 Å². The van der Waals surface area contributed by atoms with E-state index < -0.39 is 0 Å². The van der Waals surface area contributed by atoms with E-state index in [1.54, 1.807) is 0 Å². The van der Waals surface area contributed by atoms with E-state index in [1.165, 1.54) is 65.7 Å². The lowest BCUT2D eigenvalue weighted by molar-refractivity contribution is 0.631. The molecule has 0 saturated heterocycles. The van der Waals surface area contributed by atoms with E-state index in [4.69, 9.17) is 4.42 Å². The summed E-state index contributed by atoms with van der Waals surface area (Å²) in [5.41, 5.74) is 9.34. The van der Waals surface area contributed by atoms with Crippen molar-refractivity contribution in [2.75, 3.05) is 0 Å². The van der Waals surface area contributed by atoms with Gasteiger partial charge in [-0.05, 0) is 90.0 Å². The molecule has 1 heteroatoms. The van der Waals surface area contributed by atoms with E-state index >= 15 is 0 Å². The molecule has 1 aromatic heterocycles. The minimum absolute atomic E-state index is 0.884. The van der Waals surface area contributed by atoms with Gasteiger partial charge < -0.3 is 4.42 Å². The normalized spacial score (nSPS) is 11.6. The minimum atomic E-state index is 0.884. The zero-order valence-corrected chi connectivity index (χ0v) is 24.6. The van der Waals surface area contributed by atoms with Gasteiger partial charge in [-0.25, -0.2) is 0 Å². The molecule has 8 aromatic carbocycles. The Balaban J connectivity index is 1.21. The van der Waals surface area contributed by atoms with E-state index in [0.717, 1.165) is 22.3 Å². The largest absolute Gasteiger partial charge is 0.456 e. The first-order valence-electron chi connectivity index (χ1n) is 15.4. The third-order valence-corrected chi connectivity index (χ3v) is 9.05. The van der Waals surface area contributed by atoms with Crippen molar-refractivity contribution >= 4 is 43.3 Å². The molecule has 0 aliphatic rings. The third-order valence-electron chi connectivity index (χ3n) is 9.05. The summed E-state index contributed by atoms with van der Waals surface area (Å²) in [6.45, 7) is 0. The van der Waals surface area contributed by atoms with Crippen LogP contribution in [0.25, 0.3) is 88.0 Å². The molecule has 1 nitrogen and oxygen atoms in total. The summed E-state index contributed by atoms with van der Waals surface area (Å²) < 4.78 is 6.26. The molecule has 45 heavy (non-hydrogen) atoms. The van der Waals surface area contributed by atoms with Gasteiger partial charge in [0.15, 0.2) is 0 Å². The van der Waals surface area contributed by atoms with Gasteiger partial charge in [-0.3, -0.25) is 0 Å². The number of hydrogen-bond acceptors (Lipinski definition) is 1. The second-order valence-corrected chi connectivity index (χ2v) is 11.7. The van der Waals surface area contributed by atoms with E-state index in [9.17, 15) is 0 Å². The lowest BCUT2D eigenvalue weighted by Crippen LogP contribution is -1.91. The molecule has 0 bridgehead atoms. The maximum absolute atomic E-state index is 6.26. The van der Waals surface area contributed by atoms with Gasteiger partial charge in [0.2, 0.25) is 0 Å². The molecule has 0 saturated carbocycles. The Hall–Kier alpha value is -5.92. The molecule has 9 rings (SSSR count). The van der Waals surface area contributed by atoms with E-state index in [-0.39, 0.29) is 0 Å². The molecule has 0 amide bonds. The number of benzene rings is 8. The summed E-state index contributed by atoms with van der Waals surface area (Å²) in [6, 6.07) is 61.1. The molecule has 9 aromatic rings. The first-order valence-corrected chi connectivity index (χ1v) is 15.4. The van der Waals surface area contributed by atoms with Gasteiger partial charge in [0.25, 0.3) is 0 Å². The standard InChI is InChI=1S/C44H28O/c1-2-11-32-26-33(25-22-29(32)10-1)30-20-23-31(24-21-30)43-37-15-4-6-17-39(37)44(40-18-7-5-16-38(40)43)36-14-9-13-34(27-36)42-28-35-12-3-8-19-41(35)45-42/h1-28H. The molecule has 0 N–H and O–H groups in total. The summed E-state index contributed by atoms with van der Waals surface area (Å²) >= 11 is 0. The Morgan fingerprint density at radius 2 is 0.822 bits per heavy atom. The van der Waals surface area contributed by atoms with Crippen molar-refractivity contribution in [3.05, 3.63) is 170 Å². The van der Waals surface area contributed by atoms with Crippen molar-refractivity contribution in [2.45, 2.75) is 0 Å². The number of rotatable bonds is 4. The van der Waals surface area contributed by atoms with Crippen LogP contribution in [0.4, 0.5) is 0 Å². The van der Waals surface area contributed by atoms with Crippen molar-refractivity contribution < 1.29 is 4.42 Å². The molecule has 0 aliphatic carbocycles. The molecule has 0 spiro atoms. The highest BCUT2D eigenvalue weighted by Crippen LogP contribution is 2.44. The Morgan fingerprint density at radius 1 is 0.289 bits per heavy atom. The van der Waals surface area contributed by atoms with Crippen LogP contribution in [0.2, 0.25) is 0 Å². The molecule has 210 valence electrons.